The van der Waals surface area contributed by atoms with Crippen LogP contribution in [0.5, 0.6) is 0 Å². The number of rotatable bonds is 2. The maximum absolute atomic E-state index is 14.0. The predicted octanol–water partition coefficient (Wildman–Crippen LogP) is 8.44. The molecule has 0 fully saturated rings. The molecule has 1 aliphatic carbocycles. The Morgan fingerprint density at radius 2 is 1.58 bits per heavy atom. The molecule has 36 heavy (non-hydrogen) atoms. The van der Waals surface area contributed by atoms with E-state index in [0.717, 1.165) is 42.7 Å². The van der Waals surface area contributed by atoms with Gasteiger partial charge >= 0.3 is 12.0 Å². The van der Waals surface area contributed by atoms with Gasteiger partial charge in [-0.2, -0.15) is 13.2 Å². The van der Waals surface area contributed by atoms with Crippen molar-refractivity contribution >= 4 is 50.5 Å². The molecule has 0 unspecified atom stereocenters. The minimum Gasteiger partial charge on any atom is -0.358 e. The summed E-state index contributed by atoms with van der Waals surface area (Å²) in [5.41, 5.74) is 2.34. The monoisotopic (exact) mass is 508 g/mol. The van der Waals surface area contributed by atoms with Crippen LogP contribution in [0.15, 0.2) is 66.7 Å². The first kappa shape index (κ1) is 24.0. The zero-order valence-corrected chi connectivity index (χ0v) is 19.7. The van der Waals surface area contributed by atoms with E-state index in [2.05, 4.69) is 4.98 Å². The number of aryl methyl sites for hydroxylation is 2. The van der Waals surface area contributed by atoms with Gasteiger partial charge < -0.3 is 10.1 Å². The number of nitro groups is 1. The van der Waals surface area contributed by atoms with Crippen molar-refractivity contribution in [3.63, 3.8) is 0 Å². The van der Waals surface area contributed by atoms with Gasteiger partial charge in [0.2, 0.25) is 0 Å². The van der Waals surface area contributed by atoms with Crippen molar-refractivity contribution < 1.29 is 18.1 Å². The minimum absolute atomic E-state index is 0. The van der Waals surface area contributed by atoms with Gasteiger partial charge in [0.05, 0.1) is 10.9 Å². The molecular weight excluding hydrogens is 489 g/mol. The number of halogens is 4. The number of hydrogen-bond donors (Lipinski definition) is 0. The van der Waals surface area contributed by atoms with Crippen LogP contribution < -0.4 is 0 Å². The number of pyridine rings is 1. The van der Waals surface area contributed by atoms with E-state index >= 15 is 0 Å². The third-order valence-electron chi connectivity index (χ3n) is 6.96. The summed E-state index contributed by atoms with van der Waals surface area (Å²) in [4.78, 5) is 15.7. The van der Waals surface area contributed by atoms with Gasteiger partial charge in [-0.3, -0.25) is 0 Å². The zero-order chi connectivity index (χ0) is 24.3. The average Bonchev–Trinajstić information content (AvgIpc) is 2.86. The smallest absolute Gasteiger partial charge is 0.358 e. The van der Waals surface area contributed by atoms with Crippen molar-refractivity contribution in [3.8, 4) is 11.3 Å². The largest absolute Gasteiger partial charge is 0.417 e. The molecule has 0 radical (unpaired) electrons. The molecule has 0 N–H and O–H groups in total. The molecule has 6 rings (SSSR count). The molecule has 1 heterocycles. The van der Waals surface area contributed by atoms with E-state index in [0.29, 0.717) is 32.8 Å². The first-order valence-electron chi connectivity index (χ1n) is 11.4. The molecule has 0 bridgehead atoms. The van der Waals surface area contributed by atoms with E-state index in [1.165, 1.54) is 17.7 Å². The summed E-state index contributed by atoms with van der Waals surface area (Å²) >= 11 is 0. The summed E-state index contributed by atoms with van der Waals surface area (Å²) in [6, 6.07) is 18.2. The van der Waals surface area contributed by atoms with E-state index in [1.807, 2.05) is 12.1 Å². The minimum atomic E-state index is -4.54. The molecule has 4 aromatic carbocycles. The first-order valence-corrected chi connectivity index (χ1v) is 11.4. The molecule has 0 saturated carbocycles. The number of benzene rings is 4. The van der Waals surface area contributed by atoms with Gasteiger partial charge in [0.15, 0.2) is 5.69 Å². The number of alkyl halides is 3. The van der Waals surface area contributed by atoms with Gasteiger partial charge in [0.1, 0.15) is 0 Å². The summed E-state index contributed by atoms with van der Waals surface area (Å²) in [6.45, 7) is 0. The lowest BCUT2D eigenvalue weighted by molar-refractivity contribution is -0.387. The number of aromatic nitrogens is 1. The molecule has 1 aliphatic rings. The lowest BCUT2D eigenvalue weighted by Gasteiger charge is -2.21. The molecule has 4 nitrogen and oxygen atoms in total. The molecule has 8 heteroatoms. The molecule has 0 aliphatic heterocycles. The number of fused-ring (bicyclic) bond motifs is 6. The fraction of sp³-hybridized carbons (Fsp3) is 0.179. The van der Waals surface area contributed by atoms with Crippen LogP contribution in [0.4, 0.5) is 19.0 Å². The van der Waals surface area contributed by atoms with Crippen molar-refractivity contribution in [3.05, 3.63) is 93.5 Å². The van der Waals surface area contributed by atoms with E-state index in [-0.39, 0.29) is 23.6 Å². The lowest BCUT2D eigenvalue weighted by Crippen LogP contribution is -2.07. The molecule has 0 amide bonds. The molecule has 1 aromatic heterocycles. The standard InChI is InChI=1S/C28H19F3N2O2.ClH/c29-28(30,31)24-11-5-10-20-21-13-12-16-6-1-3-8-18(16)26(21)23(15-22(20)24)25-14-17-7-2-4-9-19(17)27(32-25)33(34)35;/h2,4-5,7,9-15H,1,3,6,8H2;1H. The van der Waals surface area contributed by atoms with Crippen molar-refractivity contribution in [1.29, 1.82) is 0 Å². The number of hydrogen-bond acceptors (Lipinski definition) is 3. The fourth-order valence-corrected chi connectivity index (χ4v) is 5.44. The highest BCUT2D eigenvalue weighted by Crippen LogP contribution is 2.44. The van der Waals surface area contributed by atoms with E-state index < -0.39 is 16.7 Å². The van der Waals surface area contributed by atoms with Crippen molar-refractivity contribution in [1.82, 2.24) is 4.98 Å². The highest BCUT2D eigenvalue weighted by molar-refractivity contribution is 6.16. The van der Waals surface area contributed by atoms with Crippen LogP contribution >= 0.6 is 12.4 Å². The quantitative estimate of drug-likeness (QED) is 0.136. The fourth-order valence-electron chi connectivity index (χ4n) is 5.44. The second-order valence-electron chi connectivity index (χ2n) is 8.96. The Morgan fingerprint density at radius 3 is 2.36 bits per heavy atom. The maximum Gasteiger partial charge on any atom is 0.417 e. The number of nitrogens with zero attached hydrogens (tertiary/aromatic N) is 2. The van der Waals surface area contributed by atoms with Crippen LogP contribution in [0.25, 0.3) is 43.6 Å². The predicted molar refractivity (Wildman–Crippen MR) is 138 cm³/mol. The van der Waals surface area contributed by atoms with Crippen LogP contribution in [-0.2, 0) is 19.0 Å². The Hall–Kier alpha value is -3.71. The Labute approximate surface area is 210 Å². The van der Waals surface area contributed by atoms with Gasteiger partial charge in [0.25, 0.3) is 0 Å². The van der Waals surface area contributed by atoms with Crippen LogP contribution in [0, 0.1) is 10.1 Å². The van der Waals surface area contributed by atoms with Crippen LogP contribution in [0.3, 0.4) is 0 Å². The molecule has 182 valence electrons. The van der Waals surface area contributed by atoms with Gasteiger partial charge in [-0.1, -0.05) is 42.5 Å². The summed E-state index contributed by atoms with van der Waals surface area (Å²) in [5, 5.41) is 15.0. The lowest BCUT2D eigenvalue weighted by atomic mass is 9.83. The molecule has 0 saturated heterocycles. The van der Waals surface area contributed by atoms with Crippen molar-refractivity contribution in [2.45, 2.75) is 31.9 Å². The van der Waals surface area contributed by atoms with Crippen LogP contribution in [-0.4, -0.2) is 9.91 Å². The summed E-state index contributed by atoms with van der Waals surface area (Å²) in [6.07, 6.45) is -0.797. The normalized spacial score (nSPS) is 13.5. The van der Waals surface area contributed by atoms with Gasteiger partial charge in [-0.05, 0) is 97.9 Å². The maximum atomic E-state index is 14.0. The topological polar surface area (TPSA) is 56.0 Å². The van der Waals surface area contributed by atoms with Gasteiger partial charge in [-0.15, -0.1) is 12.4 Å². The Bertz CT molecular complexity index is 1680. The highest BCUT2D eigenvalue weighted by atomic mass is 35.5. The summed E-state index contributed by atoms with van der Waals surface area (Å²) < 4.78 is 42.0. The molecule has 0 spiro atoms. The molecule has 5 aromatic rings. The van der Waals surface area contributed by atoms with Gasteiger partial charge in [-0.25, -0.2) is 0 Å². The van der Waals surface area contributed by atoms with Crippen LogP contribution in [0.1, 0.15) is 29.5 Å². The van der Waals surface area contributed by atoms with Crippen LogP contribution in [0.2, 0.25) is 0 Å². The Morgan fingerprint density at radius 1 is 0.833 bits per heavy atom. The van der Waals surface area contributed by atoms with E-state index in [1.54, 1.807) is 36.4 Å². The summed E-state index contributed by atoms with van der Waals surface area (Å²) in [5.74, 6) is -0.305. The molecule has 0 atom stereocenters. The van der Waals surface area contributed by atoms with Crippen molar-refractivity contribution in [2.24, 2.45) is 0 Å². The Balaban J connectivity index is 0.00000267. The third-order valence-corrected chi connectivity index (χ3v) is 6.96. The zero-order valence-electron chi connectivity index (χ0n) is 18.9. The van der Waals surface area contributed by atoms with Gasteiger partial charge in [0, 0.05) is 5.56 Å². The third kappa shape index (κ3) is 3.75. The average molecular weight is 509 g/mol. The Kier molecular flexibility index (Phi) is 5.83. The molecular formula is C28H20ClF3N2O2. The van der Waals surface area contributed by atoms with E-state index in [9.17, 15) is 23.3 Å². The first-order chi connectivity index (χ1) is 16.8. The summed E-state index contributed by atoms with van der Waals surface area (Å²) in [7, 11) is 0. The van der Waals surface area contributed by atoms with E-state index in [4.69, 9.17) is 0 Å². The SMILES string of the molecule is Cl.O=[N+]([O-])c1nc(-c2cc3c(C(F)(F)F)cccc3c3ccc4c(c23)CCCC4)cc2ccccc12. The second-order valence-corrected chi connectivity index (χ2v) is 8.96. The highest BCUT2D eigenvalue weighted by Gasteiger charge is 2.33. The van der Waals surface area contributed by atoms with Crippen molar-refractivity contribution in [2.75, 3.05) is 0 Å². The second kappa shape index (κ2) is 8.75.